The molecule has 0 amide bonds. The Labute approximate surface area is 96.9 Å². The Hall–Kier alpha value is -2.64. The van der Waals surface area contributed by atoms with Crippen LogP contribution in [-0.2, 0) is 0 Å². The Bertz CT molecular complexity index is 458. The molecule has 0 bridgehead atoms. The van der Waals surface area contributed by atoms with Gasteiger partial charge in [-0.15, -0.1) is 5.10 Å². The fourth-order valence-electron chi connectivity index (χ4n) is 1.04. The Morgan fingerprint density at radius 2 is 2.29 bits per heavy atom. The van der Waals surface area contributed by atoms with Crippen molar-refractivity contribution in [2.75, 3.05) is 7.11 Å². The second-order valence-electron chi connectivity index (χ2n) is 2.84. The molecular formula is C9H11N5O3. The topological polar surface area (TPSA) is 115 Å². The summed E-state index contributed by atoms with van der Waals surface area (Å²) in [6.45, 7) is 0. The molecule has 0 aliphatic rings. The van der Waals surface area contributed by atoms with Crippen molar-refractivity contribution < 1.29 is 9.77 Å². The molecule has 3 N–H and O–H groups in total. The van der Waals surface area contributed by atoms with Crippen LogP contribution < -0.4 is 15.9 Å². The van der Waals surface area contributed by atoms with Crippen molar-refractivity contribution in [1.82, 2.24) is 5.43 Å². The Kier molecular flexibility index (Phi) is 4.43. The van der Waals surface area contributed by atoms with E-state index < -0.39 is 11.0 Å². The van der Waals surface area contributed by atoms with E-state index in [1.54, 1.807) is 23.6 Å². The van der Waals surface area contributed by atoms with E-state index in [0.29, 0.717) is 11.3 Å². The van der Waals surface area contributed by atoms with E-state index in [-0.39, 0.29) is 0 Å². The highest BCUT2D eigenvalue weighted by Crippen LogP contribution is 2.14. The first-order chi connectivity index (χ1) is 8.13. The van der Waals surface area contributed by atoms with Crippen LogP contribution in [0.1, 0.15) is 5.56 Å². The minimum Gasteiger partial charge on any atom is -0.496 e. The lowest BCUT2D eigenvalue weighted by Gasteiger charge is -2.01. The number of nitrogens with two attached hydrogens (primary N) is 1. The Balaban J connectivity index is 2.74. The lowest BCUT2D eigenvalue weighted by atomic mass is 10.2. The van der Waals surface area contributed by atoms with Crippen LogP contribution in [0.15, 0.2) is 34.5 Å². The van der Waals surface area contributed by atoms with Crippen molar-refractivity contribution in [3.05, 3.63) is 39.9 Å². The monoisotopic (exact) mass is 237 g/mol. The van der Waals surface area contributed by atoms with Crippen molar-refractivity contribution in [2.45, 2.75) is 0 Å². The number of hydrogen-bond donors (Lipinski definition) is 2. The molecule has 0 heterocycles. The Morgan fingerprint density at radius 3 is 2.94 bits per heavy atom. The van der Waals surface area contributed by atoms with Gasteiger partial charge in [-0.3, -0.25) is 0 Å². The fraction of sp³-hybridized carbons (Fsp3) is 0.111. The largest absolute Gasteiger partial charge is 0.496 e. The summed E-state index contributed by atoms with van der Waals surface area (Å²) in [7, 11) is 1.53. The van der Waals surface area contributed by atoms with Crippen LogP contribution in [-0.4, -0.2) is 24.3 Å². The summed E-state index contributed by atoms with van der Waals surface area (Å²) < 4.78 is 5.07. The number of nitro groups is 1. The third-order valence-corrected chi connectivity index (χ3v) is 1.71. The van der Waals surface area contributed by atoms with Gasteiger partial charge in [0, 0.05) is 5.56 Å². The van der Waals surface area contributed by atoms with Crippen molar-refractivity contribution in [3.63, 3.8) is 0 Å². The maximum absolute atomic E-state index is 10.0. The smallest absolute Gasteiger partial charge is 0.275 e. The predicted molar refractivity (Wildman–Crippen MR) is 62.3 cm³/mol. The summed E-state index contributed by atoms with van der Waals surface area (Å²) in [6, 6.07) is 7.12. The molecule has 0 saturated carbocycles. The van der Waals surface area contributed by atoms with Crippen LogP contribution in [0.4, 0.5) is 0 Å². The highest BCUT2D eigenvalue weighted by atomic mass is 16.7. The molecule has 1 aromatic carbocycles. The van der Waals surface area contributed by atoms with E-state index in [4.69, 9.17) is 10.5 Å². The van der Waals surface area contributed by atoms with Gasteiger partial charge in [-0.1, -0.05) is 17.6 Å². The molecule has 0 saturated heterocycles. The van der Waals surface area contributed by atoms with Crippen molar-refractivity contribution >= 4 is 12.2 Å². The first-order valence-corrected chi connectivity index (χ1v) is 4.54. The number of nitrogens with zero attached hydrogens (tertiary/aromatic N) is 3. The third kappa shape index (κ3) is 4.16. The number of methoxy groups -OCH3 is 1. The summed E-state index contributed by atoms with van der Waals surface area (Å²) >= 11 is 0. The quantitative estimate of drug-likeness (QED) is 0.334. The molecule has 0 atom stereocenters. The molecule has 90 valence electrons. The number of nitrogens with one attached hydrogen (secondary N) is 1. The normalized spacial score (nSPS) is 11.5. The maximum atomic E-state index is 10.0. The van der Waals surface area contributed by atoms with Crippen LogP contribution in [0.25, 0.3) is 0 Å². The second kappa shape index (κ2) is 6.05. The first-order valence-electron chi connectivity index (χ1n) is 4.54. The van der Waals surface area contributed by atoms with Crippen molar-refractivity contribution in [3.8, 4) is 5.75 Å². The maximum Gasteiger partial charge on any atom is 0.275 e. The summed E-state index contributed by atoms with van der Waals surface area (Å²) in [5.74, 6) is 0.216. The van der Waals surface area contributed by atoms with Gasteiger partial charge in [0.15, 0.2) is 5.03 Å². The molecule has 8 nitrogen and oxygen atoms in total. The summed E-state index contributed by atoms with van der Waals surface area (Å²) in [5, 5.41) is 16.2. The van der Waals surface area contributed by atoms with Gasteiger partial charge in [0.25, 0.3) is 5.96 Å². The molecule has 0 spiro atoms. The average molecular weight is 237 g/mol. The zero-order chi connectivity index (χ0) is 12.7. The predicted octanol–water partition coefficient (Wildman–Crippen LogP) is 0.125. The van der Waals surface area contributed by atoms with Gasteiger partial charge >= 0.3 is 0 Å². The van der Waals surface area contributed by atoms with Gasteiger partial charge in [-0.25, -0.2) is 10.1 Å². The standard InChI is InChI=1S/C9H11N5O3/c1-17-8-5-3-2-4-7(8)6-11-12-9(10)13-14(15)16/h2-6H,1H3,(H3,10,12,13). The van der Waals surface area contributed by atoms with Gasteiger partial charge in [0.1, 0.15) is 5.75 Å². The fourth-order valence-corrected chi connectivity index (χ4v) is 1.04. The lowest BCUT2D eigenvalue weighted by Crippen LogP contribution is -2.35. The van der Waals surface area contributed by atoms with Gasteiger partial charge in [-0.05, 0) is 12.1 Å². The Morgan fingerprint density at radius 1 is 1.59 bits per heavy atom. The minimum atomic E-state index is -0.822. The lowest BCUT2D eigenvalue weighted by molar-refractivity contribution is -0.525. The second-order valence-corrected chi connectivity index (χ2v) is 2.84. The van der Waals surface area contributed by atoms with E-state index >= 15 is 0 Å². The number of hydrogen-bond acceptors (Lipinski definition) is 5. The average Bonchev–Trinajstić information content (AvgIpc) is 2.28. The summed E-state index contributed by atoms with van der Waals surface area (Å²) in [4.78, 5) is 10.0. The van der Waals surface area contributed by atoms with Crippen LogP contribution in [0.3, 0.4) is 0 Å². The van der Waals surface area contributed by atoms with E-state index in [9.17, 15) is 10.1 Å². The molecule has 1 aromatic rings. The highest BCUT2D eigenvalue weighted by Gasteiger charge is 1.98. The zero-order valence-corrected chi connectivity index (χ0v) is 9.03. The molecule has 17 heavy (non-hydrogen) atoms. The van der Waals surface area contributed by atoms with Crippen molar-refractivity contribution in [1.29, 1.82) is 0 Å². The first kappa shape index (κ1) is 12.4. The molecule has 0 unspecified atom stereocenters. The molecule has 8 heteroatoms. The van der Waals surface area contributed by atoms with E-state index in [1.165, 1.54) is 13.3 Å². The van der Waals surface area contributed by atoms with Gasteiger partial charge in [-0.2, -0.15) is 5.10 Å². The summed E-state index contributed by atoms with van der Waals surface area (Å²) in [5.41, 5.74) is 7.51. The summed E-state index contributed by atoms with van der Waals surface area (Å²) in [6.07, 6.45) is 1.38. The van der Waals surface area contributed by atoms with Gasteiger partial charge < -0.3 is 10.5 Å². The molecule has 0 fully saturated rings. The van der Waals surface area contributed by atoms with Gasteiger partial charge in [0.2, 0.25) is 0 Å². The van der Waals surface area contributed by atoms with Crippen LogP contribution >= 0.6 is 0 Å². The van der Waals surface area contributed by atoms with E-state index in [2.05, 4.69) is 10.2 Å². The van der Waals surface area contributed by atoms with Crippen LogP contribution in [0.2, 0.25) is 0 Å². The number of para-hydroxylation sites is 1. The van der Waals surface area contributed by atoms with Gasteiger partial charge in [0.05, 0.1) is 13.3 Å². The molecule has 0 radical (unpaired) electrons. The third-order valence-electron chi connectivity index (χ3n) is 1.71. The number of rotatable bonds is 4. The van der Waals surface area contributed by atoms with Crippen LogP contribution in [0, 0.1) is 10.1 Å². The highest BCUT2D eigenvalue weighted by molar-refractivity contribution is 5.84. The number of guanidine groups is 1. The molecule has 1 rings (SSSR count). The van der Waals surface area contributed by atoms with Crippen LogP contribution in [0.5, 0.6) is 5.75 Å². The molecule has 0 aromatic heterocycles. The zero-order valence-electron chi connectivity index (χ0n) is 9.03. The van der Waals surface area contributed by atoms with Crippen molar-refractivity contribution in [2.24, 2.45) is 15.9 Å². The number of hydrazine groups is 1. The molecule has 0 aliphatic heterocycles. The molecule has 0 aliphatic carbocycles. The van der Waals surface area contributed by atoms with E-state index in [1.807, 2.05) is 6.07 Å². The number of benzene rings is 1. The minimum absolute atomic E-state index is 0.402. The SMILES string of the molecule is COc1ccccc1C=N/N=C(\N)N[N+](=O)[O-]. The molecular weight excluding hydrogens is 226 g/mol. The number of ether oxygens (including phenoxy) is 1. The van der Waals surface area contributed by atoms with E-state index in [0.717, 1.165) is 0 Å².